The summed E-state index contributed by atoms with van der Waals surface area (Å²) in [6, 6.07) is 0. The highest BCUT2D eigenvalue weighted by atomic mass is 32.2. The number of hydrogen-bond donors (Lipinski definition) is 1. The average Bonchev–Trinajstić information content (AvgIpc) is 2.33. The number of hydrogen-bond acceptors (Lipinski definition) is 3. The van der Waals surface area contributed by atoms with Gasteiger partial charge in [0.2, 0.25) is 0 Å². The van der Waals surface area contributed by atoms with Crippen molar-refractivity contribution in [3.05, 3.63) is 23.9 Å². The lowest BCUT2D eigenvalue weighted by Crippen LogP contribution is -2.27. The van der Waals surface area contributed by atoms with Gasteiger partial charge < -0.3 is 0 Å². The third-order valence-electron chi connectivity index (χ3n) is 1.45. The lowest BCUT2D eigenvalue weighted by molar-refractivity contribution is 0.371. The number of allylic oxidation sites excluding steroid dienone is 2. The van der Waals surface area contributed by atoms with Crippen LogP contribution in [0.4, 0.5) is 0 Å². The Hall–Kier alpha value is -0.410. The van der Waals surface area contributed by atoms with Crippen molar-refractivity contribution in [2.75, 3.05) is 12.3 Å². The molecular weight excluding hydrogens is 132 g/mol. The maximum absolute atomic E-state index is 3.19. The summed E-state index contributed by atoms with van der Waals surface area (Å²) in [5.74, 6) is 1.10. The first kappa shape index (κ1) is 5.38. The Morgan fingerprint density at radius 2 is 2.67 bits per heavy atom. The molecule has 1 saturated heterocycles. The van der Waals surface area contributed by atoms with Crippen molar-refractivity contribution >= 4 is 11.9 Å². The second-order valence-corrected chi connectivity index (χ2v) is 2.84. The molecule has 0 aromatic heterocycles. The number of fused-ring (bicyclic) bond motifs is 1. The first-order valence-electron chi connectivity index (χ1n) is 2.97. The summed E-state index contributed by atoms with van der Waals surface area (Å²) in [5.41, 5.74) is 1.39. The molecule has 0 bridgehead atoms. The zero-order chi connectivity index (χ0) is 6.10. The van der Waals surface area contributed by atoms with Crippen LogP contribution in [0.25, 0.3) is 0 Å². The third-order valence-corrected chi connectivity index (χ3v) is 2.24. The van der Waals surface area contributed by atoms with E-state index in [0.29, 0.717) is 0 Å². The van der Waals surface area contributed by atoms with Crippen molar-refractivity contribution in [3.63, 3.8) is 0 Å². The maximum atomic E-state index is 3.19. The molecule has 0 spiro atoms. The van der Waals surface area contributed by atoms with Crippen molar-refractivity contribution in [2.45, 2.75) is 0 Å². The van der Waals surface area contributed by atoms with Gasteiger partial charge in [0.1, 0.15) is 0 Å². The monoisotopic (exact) mass is 140 g/mol. The van der Waals surface area contributed by atoms with Crippen LogP contribution in [0, 0.1) is 0 Å². The molecule has 0 amide bonds. The van der Waals surface area contributed by atoms with Gasteiger partial charge in [-0.3, -0.25) is 5.01 Å². The molecule has 1 N–H and O–H groups in total. The van der Waals surface area contributed by atoms with Gasteiger partial charge in [-0.05, 0) is 6.08 Å². The molecule has 3 heteroatoms. The lowest BCUT2D eigenvalue weighted by Gasteiger charge is -2.18. The van der Waals surface area contributed by atoms with Gasteiger partial charge in [0.25, 0.3) is 0 Å². The standard InChI is InChI=1S/C6H8N2S/c1-2-4-8-6(3-1)5-9-7-8/h1-3,7H,4-5H2. The molecule has 0 unspecified atom stereocenters. The second-order valence-electron chi connectivity index (χ2n) is 2.08. The van der Waals surface area contributed by atoms with E-state index in [9.17, 15) is 0 Å². The molecule has 0 aliphatic carbocycles. The van der Waals surface area contributed by atoms with Crippen LogP contribution in [0.2, 0.25) is 0 Å². The van der Waals surface area contributed by atoms with Gasteiger partial charge in [0, 0.05) is 5.70 Å². The Morgan fingerprint density at radius 3 is 3.56 bits per heavy atom. The SMILES string of the molecule is C1=CCN2NSCC2=C1. The van der Waals surface area contributed by atoms with Gasteiger partial charge in [-0.25, -0.2) is 0 Å². The molecule has 2 nitrogen and oxygen atoms in total. The molecule has 2 aliphatic heterocycles. The predicted molar refractivity (Wildman–Crippen MR) is 39.5 cm³/mol. The van der Waals surface area contributed by atoms with Crippen LogP contribution in [0.3, 0.4) is 0 Å². The van der Waals surface area contributed by atoms with Crippen molar-refractivity contribution in [1.82, 2.24) is 9.84 Å². The van der Waals surface area contributed by atoms with Crippen LogP contribution in [0.5, 0.6) is 0 Å². The highest BCUT2D eigenvalue weighted by molar-refractivity contribution is 7.97. The second kappa shape index (κ2) is 2.08. The number of hydrazine groups is 1. The van der Waals surface area contributed by atoms with Crippen molar-refractivity contribution in [2.24, 2.45) is 0 Å². The number of nitrogens with zero attached hydrogens (tertiary/aromatic N) is 1. The molecular formula is C6H8N2S. The molecule has 0 aromatic carbocycles. The average molecular weight is 140 g/mol. The molecule has 2 rings (SSSR count). The zero-order valence-corrected chi connectivity index (χ0v) is 5.82. The molecule has 48 valence electrons. The van der Waals surface area contributed by atoms with Crippen LogP contribution in [0.1, 0.15) is 0 Å². The Labute approximate surface area is 58.7 Å². The highest BCUT2D eigenvalue weighted by Crippen LogP contribution is 2.19. The molecule has 2 heterocycles. The summed E-state index contributed by atoms with van der Waals surface area (Å²) in [4.78, 5) is 3.19. The van der Waals surface area contributed by atoms with Crippen LogP contribution in [0.15, 0.2) is 23.9 Å². The van der Waals surface area contributed by atoms with E-state index in [4.69, 9.17) is 0 Å². The number of rotatable bonds is 0. The molecule has 9 heavy (non-hydrogen) atoms. The Balaban J connectivity index is 2.23. The minimum atomic E-state index is 1.01. The van der Waals surface area contributed by atoms with E-state index < -0.39 is 0 Å². The van der Waals surface area contributed by atoms with Crippen molar-refractivity contribution in [1.29, 1.82) is 0 Å². The Bertz CT molecular complexity index is 174. The molecule has 2 aliphatic rings. The number of nitrogens with one attached hydrogen (secondary N) is 1. The first-order chi connectivity index (χ1) is 4.47. The van der Waals surface area contributed by atoms with Gasteiger partial charge in [0.05, 0.1) is 12.3 Å². The Kier molecular flexibility index (Phi) is 1.24. The third kappa shape index (κ3) is 0.862. The van der Waals surface area contributed by atoms with E-state index in [2.05, 4.69) is 28.1 Å². The summed E-state index contributed by atoms with van der Waals surface area (Å²) < 4.78 is 0. The summed E-state index contributed by atoms with van der Waals surface area (Å²) in [6.45, 7) is 1.01. The van der Waals surface area contributed by atoms with E-state index in [1.165, 1.54) is 5.70 Å². The normalized spacial score (nSPS) is 24.0. The molecule has 0 saturated carbocycles. The highest BCUT2D eigenvalue weighted by Gasteiger charge is 2.16. The smallest absolute Gasteiger partial charge is 0.0534 e. The zero-order valence-electron chi connectivity index (χ0n) is 5.00. The molecule has 1 fully saturated rings. The maximum Gasteiger partial charge on any atom is 0.0534 e. The first-order valence-corrected chi connectivity index (χ1v) is 3.96. The van der Waals surface area contributed by atoms with Crippen LogP contribution >= 0.6 is 11.9 Å². The summed E-state index contributed by atoms with van der Waals surface area (Å²) in [7, 11) is 0. The van der Waals surface area contributed by atoms with Gasteiger partial charge in [0.15, 0.2) is 0 Å². The largest absolute Gasteiger partial charge is 0.298 e. The molecule has 0 atom stereocenters. The van der Waals surface area contributed by atoms with E-state index in [0.717, 1.165) is 12.3 Å². The van der Waals surface area contributed by atoms with E-state index in [1.54, 1.807) is 11.9 Å². The Morgan fingerprint density at radius 1 is 1.67 bits per heavy atom. The van der Waals surface area contributed by atoms with Gasteiger partial charge in [-0.15, -0.1) is 0 Å². The van der Waals surface area contributed by atoms with E-state index >= 15 is 0 Å². The minimum absolute atomic E-state index is 1.01. The summed E-state index contributed by atoms with van der Waals surface area (Å²) >= 11 is 1.75. The van der Waals surface area contributed by atoms with Crippen LogP contribution in [-0.2, 0) is 0 Å². The van der Waals surface area contributed by atoms with Crippen molar-refractivity contribution in [3.8, 4) is 0 Å². The minimum Gasteiger partial charge on any atom is -0.298 e. The van der Waals surface area contributed by atoms with Gasteiger partial charge in [-0.1, -0.05) is 24.1 Å². The van der Waals surface area contributed by atoms with Crippen LogP contribution < -0.4 is 4.83 Å². The van der Waals surface area contributed by atoms with Gasteiger partial charge in [-0.2, -0.15) is 4.83 Å². The van der Waals surface area contributed by atoms with E-state index in [1.807, 2.05) is 0 Å². The quantitative estimate of drug-likeness (QED) is 0.503. The summed E-state index contributed by atoms with van der Waals surface area (Å²) in [6.07, 6.45) is 6.40. The molecule has 0 aromatic rings. The fraction of sp³-hybridized carbons (Fsp3) is 0.333. The van der Waals surface area contributed by atoms with E-state index in [-0.39, 0.29) is 0 Å². The molecule has 0 radical (unpaired) electrons. The fourth-order valence-electron chi connectivity index (χ4n) is 0.959. The fourth-order valence-corrected chi connectivity index (χ4v) is 1.77. The summed E-state index contributed by atoms with van der Waals surface area (Å²) in [5, 5.41) is 2.16. The topological polar surface area (TPSA) is 15.3 Å². The predicted octanol–water partition coefficient (Wildman–Crippen LogP) is 0.909. The lowest BCUT2D eigenvalue weighted by atomic mass is 10.3. The van der Waals surface area contributed by atoms with Gasteiger partial charge >= 0.3 is 0 Å². The van der Waals surface area contributed by atoms with Crippen LogP contribution in [-0.4, -0.2) is 17.3 Å². The van der Waals surface area contributed by atoms with Crippen molar-refractivity contribution < 1.29 is 0 Å².